The Balaban J connectivity index is 1.83. The molecule has 2 atom stereocenters. The van der Waals surface area contributed by atoms with E-state index in [0.29, 0.717) is 10.5 Å². The molecule has 0 bridgehead atoms. The lowest BCUT2D eigenvalue weighted by molar-refractivity contribution is -0.205. The number of alkyl halides is 3. The topological polar surface area (TPSA) is 132 Å². The minimum absolute atomic E-state index is 0.120. The number of amides is 3. The number of carbonyl (C=O) groups excluding carboxylic acids is 4. The van der Waals surface area contributed by atoms with Gasteiger partial charge in [-0.1, -0.05) is 18.2 Å². The average Bonchev–Trinajstić information content (AvgIpc) is 2.69. The maximum absolute atomic E-state index is 12.6. The molecule has 2 unspecified atom stereocenters. The number of nitrogens with zero attached hydrogens (tertiary/aromatic N) is 2. The van der Waals surface area contributed by atoms with E-state index >= 15 is 0 Å². The fourth-order valence-electron chi connectivity index (χ4n) is 3.03. The molecular weight excluding hydrogens is 421 g/mol. The fraction of sp³-hybridized carbons (Fsp3) is 0.211. The highest BCUT2D eigenvalue weighted by atomic mass is 19.4. The van der Waals surface area contributed by atoms with Gasteiger partial charge in [0.1, 0.15) is 5.82 Å². The maximum Gasteiger partial charge on any atom is 0.491 e. The number of imide groups is 1. The van der Waals surface area contributed by atoms with Gasteiger partial charge < -0.3 is 15.8 Å². The van der Waals surface area contributed by atoms with Crippen LogP contribution in [0.4, 0.5) is 29.5 Å². The first-order valence-electron chi connectivity index (χ1n) is 8.80. The molecule has 1 saturated heterocycles. The van der Waals surface area contributed by atoms with Gasteiger partial charge in [0.25, 0.3) is 0 Å². The zero-order valence-electron chi connectivity index (χ0n) is 15.6. The molecule has 1 aliphatic rings. The van der Waals surface area contributed by atoms with Crippen LogP contribution in [0.2, 0.25) is 0 Å². The Morgan fingerprint density at radius 2 is 1.84 bits per heavy atom. The minimum Gasteiger partial charge on any atom is -0.385 e. The second kappa shape index (κ2) is 8.42. The molecule has 162 valence electrons. The van der Waals surface area contributed by atoms with Crippen LogP contribution in [0.15, 0.2) is 48.7 Å². The number of nitrogen functional groups attached to an aromatic ring is 1. The van der Waals surface area contributed by atoms with Gasteiger partial charge in [0.15, 0.2) is 6.04 Å². The molecular formula is C19H15F3N4O5. The Bertz CT molecular complexity index is 1030. The molecule has 0 aliphatic carbocycles. The number of hydrogen-bond donors (Lipinski definition) is 2. The van der Waals surface area contributed by atoms with Crippen molar-refractivity contribution in [1.82, 2.24) is 9.88 Å². The molecule has 1 aliphatic heterocycles. The van der Waals surface area contributed by atoms with Crippen LogP contribution in [0.5, 0.6) is 0 Å². The summed E-state index contributed by atoms with van der Waals surface area (Å²) in [6, 6.07) is 7.96. The van der Waals surface area contributed by atoms with Crippen LogP contribution in [-0.2, 0) is 25.5 Å². The number of likely N-dealkylation sites (tertiary alicyclic amines) is 1. The highest BCUT2D eigenvalue weighted by molar-refractivity contribution is 6.12. The number of nitrogens with one attached hydrogen (secondary N) is 1. The molecule has 0 spiro atoms. The number of urea groups is 1. The molecule has 2 heterocycles. The van der Waals surface area contributed by atoms with Gasteiger partial charge in [0.2, 0.25) is 5.91 Å². The maximum atomic E-state index is 12.6. The minimum atomic E-state index is -5.42. The molecule has 3 rings (SSSR count). The van der Waals surface area contributed by atoms with Crippen molar-refractivity contribution >= 4 is 35.4 Å². The lowest BCUT2D eigenvalue weighted by Crippen LogP contribution is -2.68. The number of carbonyl (C=O) groups is 4. The second-order valence-corrected chi connectivity index (χ2v) is 6.56. The van der Waals surface area contributed by atoms with Crippen molar-refractivity contribution < 1.29 is 37.1 Å². The van der Waals surface area contributed by atoms with Gasteiger partial charge in [-0.05, 0) is 36.2 Å². The molecule has 1 aromatic heterocycles. The first-order valence-corrected chi connectivity index (χ1v) is 8.80. The van der Waals surface area contributed by atoms with Crippen molar-refractivity contribution in [2.24, 2.45) is 5.92 Å². The van der Waals surface area contributed by atoms with Crippen LogP contribution in [0.25, 0.3) is 0 Å². The Kier molecular flexibility index (Phi) is 5.90. The summed E-state index contributed by atoms with van der Waals surface area (Å²) in [4.78, 5) is 52.7. The van der Waals surface area contributed by atoms with Gasteiger partial charge in [-0.2, -0.15) is 13.2 Å². The monoisotopic (exact) mass is 436 g/mol. The number of rotatable bonds is 4. The van der Waals surface area contributed by atoms with Gasteiger partial charge in [-0.3, -0.25) is 4.79 Å². The van der Waals surface area contributed by atoms with E-state index < -0.39 is 42.0 Å². The van der Waals surface area contributed by atoms with Gasteiger partial charge >= 0.3 is 24.1 Å². The highest BCUT2D eigenvalue weighted by Crippen LogP contribution is 2.32. The Hall–Kier alpha value is -3.96. The van der Waals surface area contributed by atoms with Gasteiger partial charge in [-0.25, -0.2) is 24.3 Å². The van der Waals surface area contributed by atoms with Crippen molar-refractivity contribution in [3.05, 3.63) is 54.2 Å². The summed E-state index contributed by atoms with van der Waals surface area (Å²) in [5.41, 5.74) is 6.30. The fourth-order valence-corrected chi connectivity index (χ4v) is 3.03. The SMILES string of the molecule is Nc1cc(CC2C(=O)N(C(=O)Nc3ccccc3)C2C(=O)OC(=O)C(F)(F)F)ccn1. The molecule has 3 N–H and O–H groups in total. The van der Waals surface area contributed by atoms with E-state index in [2.05, 4.69) is 15.0 Å². The number of esters is 2. The van der Waals surface area contributed by atoms with Gasteiger partial charge in [-0.15, -0.1) is 0 Å². The number of hydrogen-bond acceptors (Lipinski definition) is 7. The number of anilines is 2. The van der Waals surface area contributed by atoms with Crippen LogP contribution >= 0.6 is 0 Å². The number of β-lactam (4-membered cyclic amide) rings is 1. The lowest BCUT2D eigenvalue weighted by atomic mass is 9.82. The van der Waals surface area contributed by atoms with Crippen LogP contribution in [0.3, 0.4) is 0 Å². The quantitative estimate of drug-likeness (QED) is 0.425. The van der Waals surface area contributed by atoms with E-state index in [4.69, 9.17) is 5.73 Å². The van der Waals surface area contributed by atoms with E-state index in [0.717, 1.165) is 0 Å². The predicted molar refractivity (Wildman–Crippen MR) is 99.1 cm³/mol. The lowest BCUT2D eigenvalue weighted by Gasteiger charge is -2.43. The van der Waals surface area contributed by atoms with E-state index in [9.17, 15) is 32.3 Å². The Labute approximate surface area is 173 Å². The number of benzene rings is 1. The molecule has 9 nitrogen and oxygen atoms in total. The second-order valence-electron chi connectivity index (χ2n) is 6.56. The number of para-hydroxylation sites is 1. The zero-order chi connectivity index (χ0) is 22.8. The van der Waals surface area contributed by atoms with E-state index in [1.54, 1.807) is 18.2 Å². The van der Waals surface area contributed by atoms with E-state index in [-0.39, 0.29) is 17.9 Å². The van der Waals surface area contributed by atoms with Gasteiger partial charge in [0, 0.05) is 11.9 Å². The number of nitrogens with two attached hydrogens (primary N) is 1. The standard InChI is InChI=1S/C19H15F3N4O5/c20-19(21,22)17(29)31-16(28)14-12(8-10-6-7-24-13(23)9-10)15(27)26(14)18(30)25-11-4-2-1-3-5-11/h1-7,9,12,14H,8H2,(H2,23,24)(H,25,30). The summed E-state index contributed by atoms with van der Waals surface area (Å²) >= 11 is 0. The highest BCUT2D eigenvalue weighted by Gasteiger charge is 2.57. The number of aromatic nitrogens is 1. The summed E-state index contributed by atoms with van der Waals surface area (Å²) in [6.07, 6.45) is -4.22. The third-order valence-corrected chi connectivity index (χ3v) is 4.43. The van der Waals surface area contributed by atoms with Crippen LogP contribution < -0.4 is 11.1 Å². The summed E-state index contributed by atoms with van der Waals surface area (Å²) in [5.74, 6) is -6.36. The van der Waals surface area contributed by atoms with Crippen molar-refractivity contribution in [3.8, 4) is 0 Å². The normalized spacial score (nSPS) is 18.2. The van der Waals surface area contributed by atoms with Crippen LogP contribution in [-0.4, -0.2) is 46.0 Å². The van der Waals surface area contributed by atoms with Crippen molar-refractivity contribution in [3.63, 3.8) is 0 Å². The molecule has 0 saturated carbocycles. The van der Waals surface area contributed by atoms with Crippen molar-refractivity contribution in [1.29, 1.82) is 0 Å². The molecule has 2 aromatic rings. The first kappa shape index (κ1) is 21.7. The largest absolute Gasteiger partial charge is 0.491 e. The average molecular weight is 436 g/mol. The van der Waals surface area contributed by atoms with Crippen LogP contribution in [0, 0.1) is 5.92 Å². The Morgan fingerprint density at radius 3 is 2.45 bits per heavy atom. The smallest absolute Gasteiger partial charge is 0.385 e. The number of ether oxygens (including phenoxy) is 1. The van der Waals surface area contributed by atoms with Crippen molar-refractivity contribution in [2.45, 2.75) is 18.6 Å². The summed E-state index contributed by atoms with van der Waals surface area (Å²) in [6.45, 7) is 0. The third-order valence-electron chi connectivity index (χ3n) is 4.43. The van der Waals surface area contributed by atoms with Gasteiger partial charge in [0.05, 0.1) is 5.92 Å². The molecule has 1 fully saturated rings. The summed E-state index contributed by atoms with van der Waals surface area (Å²) in [5, 5.41) is 2.36. The zero-order valence-corrected chi connectivity index (χ0v) is 15.6. The molecule has 31 heavy (non-hydrogen) atoms. The third kappa shape index (κ3) is 4.79. The van der Waals surface area contributed by atoms with E-state index in [1.807, 2.05) is 0 Å². The molecule has 0 radical (unpaired) electrons. The molecule has 12 heteroatoms. The number of halogens is 3. The summed E-state index contributed by atoms with van der Waals surface area (Å²) < 4.78 is 41.4. The first-order chi connectivity index (χ1) is 14.6. The Morgan fingerprint density at radius 1 is 1.16 bits per heavy atom. The van der Waals surface area contributed by atoms with Crippen LogP contribution in [0.1, 0.15) is 5.56 Å². The molecule has 1 aromatic carbocycles. The summed E-state index contributed by atoms with van der Waals surface area (Å²) in [7, 11) is 0. The molecule has 3 amide bonds. The van der Waals surface area contributed by atoms with E-state index in [1.165, 1.54) is 30.5 Å². The predicted octanol–water partition coefficient (Wildman–Crippen LogP) is 1.90. The number of pyridine rings is 1. The van der Waals surface area contributed by atoms with Crippen molar-refractivity contribution in [2.75, 3.05) is 11.1 Å².